The van der Waals surface area contributed by atoms with Crippen molar-refractivity contribution in [3.05, 3.63) is 114 Å². The molecule has 0 saturated carbocycles. The van der Waals surface area contributed by atoms with Gasteiger partial charge in [0.1, 0.15) is 11.5 Å². The number of hydrogen-bond donors (Lipinski definition) is 2. The van der Waals surface area contributed by atoms with E-state index in [1.165, 1.54) is 12.1 Å². The van der Waals surface area contributed by atoms with Gasteiger partial charge >= 0.3 is 12.2 Å². The van der Waals surface area contributed by atoms with Crippen LogP contribution in [0.3, 0.4) is 0 Å². The third-order valence-electron chi connectivity index (χ3n) is 7.48. The zero-order chi connectivity index (χ0) is 29.3. The number of alkyl halides is 3. The lowest BCUT2D eigenvalue weighted by Gasteiger charge is -2.38. The number of nitrogens with zero attached hydrogens (tertiary/aromatic N) is 2. The Labute approximate surface area is 240 Å². The Morgan fingerprint density at radius 3 is 1.71 bits per heavy atom. The lowest BCUT2D eigenvalue weighted by Crippen LogP contribution is -2.50. The van der Waals surface area contributed by atoms with E-state index in [-0.39, 0.29) is 11.6 Å². The molecule has 0 aromatic heterocycles. The van der Waals surface area contributed by atoms with E-state index in [4.69, 9.17) is 4.74 Å². The maximum atomic E-state index is 13.8. The van der Waals surface area contributed by atoms with Crippen LogP contribution in [-0.2, 0) is 11.0 Å². The van der Waals surface area contributed by atoms with Crippen molar-refractivity contribution >= 4 is 29.0 Å². The van der Waals surface area contributed by atoms with Crippen molar-refractivity contribution in [2.24, 2.45) is 0 Å². The summed E-state index contributed by atoms with van der Waals surface area (Å²) < 4.78 is 44.3. The Balaban J connectivity index is 1.05. The Morgan fingerprint density at radius 2 is 1.19 bits per heavy atom. The van der Waals surface area contributed by atoms with E-state index in [2.05, 4.69) is 15.5 Å². The lowest BCUT2D eigenvalue weighted by atomic mass is 9.86. The number of urea groups is 1. The minimum atomic E-state index is -4.44. The Hall–Kier alpha value is -4.99. The molecule has 6 rings (SSSR count). The number of halogens is 3. The van der Waals surface area contributed by atoms with Crippen LogP contribution in [0.15, 0.2) is 97.1 Å². The van der Waals surface area contributed by atoms with Crippen molar-refractivity contribution in [1.82, 2.24) is 4.90 Å². The summed E-state index contributed by atoms with van der Waals surface area (Å²) in [7, 11) is 0. The highest BCUT2D eigenvalue weighted by Crippen LogP contribution is 2.44. The van der Waals surface area contributed by atoms with Gasteiger partial charge in [0.05, 0.1) is 11.5 Å². The van der Waals surface area contributed by atoms with Crippen molar-refractivity contribution < 1.29 is 27.5 Å². The van der Waals surface area contributed by atoms with Crippen LogP contribution in [0.25, 0.3) is 0 Å². The van der Waals surface area contributed by atoms with Crippen LogP contribution in [0.1, 0.15) is 22.6 Å². The summed E-state index contributed by atoms with van der Waals surface area (Å²) in [5, 5.41) is 5.22. The molecular formula is C32H27F3N4O3. The molecule has 0 bridgehead atoms. The van der Waals surface area contributed by atoms with E-state index < -0.39 is 23.7 Å². The fraction of sp³-hybridized carbons (Fsp3) is 0.188. The Kier molecular flexibility index (Phi) is 7.20. The fourth-order valence-electron chi connectivity index (χ4n) is 5.34. The standard InChI is InChI=1S/C32H27F3N4O3/c33-32(34,35)21-9-11-22(12-10-21)36-31(41)37-23-13-15-24(16-14-23)38-17-19-39(20-18-38)30(40)29-25-5-1-3-7-27(25)42-28-8-4-2-6-26(28)29/h1-16,29H,17-20H2,(H2,36,37,41). The number of fused-ring (bicyclic) bond motifs is 2. The van der Waals surface area contributed by atoms with E-state index in [1.54, 1.807) is 12.1 Å². The zero-order valence-electron chi connectivity index (χ0n) is 22.4. The first kappa shape index (κ1) is 27.2. The van der Waals surface area contributed by atoms with Crippen molar-refractivity contribution in [3.8, 4) is 11.5 Å². The van der Waals surface area contributed by atoms with Crippen molar-refractivity contribution in [2.75, 3.05) is 41.7 Å². The van der Waals surface area contributed by atoms with Crippen LogP contribution < -0.4 is 20.3 Å². The third kappa shape index (κ3) is 5.60. The third-order valence-corrected chi connectivity index (χ3v) is 7.48. The summed E-state index contributed by atoms with van der Waals surface area (Å²) in [5.74, 6) is 1.04. The van der Waals surface area contributed by atoms with Crippen LogP contribution in [0.4, 0.5) is 35.0 Å². The van der Waals surface area contributed by atoms with Gasteiger partial charge in [0.25, 0.3) is 0 Å². The molecule has 3 amide bonds. The maximum Gasteiger partial charge on any atom is 0.416 e. The van der Waals surface area contributed by atoms with E-state index in [0.717, 1.165) is 28.9 Å². The Morgan fingerprint density at radius 1 is 0.690 bits per heavy atom. The first-order chi connectivity index (χ1) is 20.3. The van der Waals surface area contributed by atoms with Gasteiger partial charge in [-0.1, -0.05) is 36.4 Å². The monoisotopic (exact) mass is 572 g/mol. The second-order valence-corrected chi connectivity index (χ2v) is 10.1. The van der Waals surface area contributed by atoms with Crippen molar-refractivity contribution in [1.29, 1.82) is 0 Å². The quantitative estimate of drug-likeness (QED) is 0.278. The predicted octanol–water partition coefficient (Wildman–Crippen LogP) is 6.94. The number of benzene rings is 4. The highest BCUT2D eigenvalue weighted by molar-refractivity contribution is 5.99. The first-order valence-electron chi connectivity index (χ1n) is 13.5. The van der Waals surface area contributed by atoms with Crippen LogP contribution in [-0.4, -0.2) is 43.0 Å². The highest BCUT2D eigenvalue weighted by atomic mass is 19.4. The number of carbonyl (C=O) groups excluding carboxylic acids is 2. The number of carbonyl (C=O) groups is 2. The summed E-state index contributed by atoms with van der Waals surface area (Å²) >= 11 is 0. The molecule has 4 aromatic carbocycles. The summed E-state index contributed by atoms with van der Waals surface area (Å²) in [6, 6.07) is 26.3. The van der Waals surface area contributed by atoms with Gasteiger partial charge in [-0.25, -0.2) is 4.79 Å². The van der Waals surface area contributed by atoms with E-state index in [1.807, 2.05) is 65.6 Å². The molecule has 1 fully saturated rings. The summed E-state index contributed by atoms with van der Waals surface area (Å²) in [6.45, 7) is 2.44. The smallest absolute Gasteiger partial charge is 0.416 e. The molecule has 10 heteroatoms. The molecule has 7 nitrogen and oxygen atoms in total. The molecular weight excluding hydrogens is 545 g/mol. The molecule has 1 saturated heterocycles. The number of rotatable bonds is 4. The molecule has 2 aliphatic heterocycles. The van der Waals surface area contributed by atoms with Gasteiger partial charge in [0.15, 0.2) is 0 Å². The average molecular weight is 573 g/mol. The van der Waals surface area contributed by atoms with Gasteiger partial charge in [-0.15, -0.1) is 0 Å². The lowest BCUT2D eigenvalue weighted by molar-refractivity contribution is -0.137. The SMILES string of the molecule is O=C(Nc1ccc(N2CCN(C(=O)C3c4ccccc4Oc4ccccc43)CC2)cc1)Nc1ccc(C(F)(F)F)cc1. The van der Waals surface area contributed by atoms with Crippen LogP contribution >= 0.6 is 0 Å². The molecule has 42 heavy (non-hydrogen) atoms. The number of ether oxygens (including phenoxy) is 1. The fourth-order valence-corrected chi connectivity index (χ4v) is 5.34. The Bertz CT molecular complexity index is 1550. The molecule has 0 aliphatic carbocycles. The highest BCUT2D eigenvalue weighted by Gasteiger charge is 2.36. The molecule has 2 heterocycles. The van der Waals surface area contributed by atoms with Gasteiger partial charge in [0, 0.05) is 54.4 Å². The minimum absolute atomic E-state index is 0.0523. The van der Waals surface area contributed by atoms with Gasteiger partial charge in [-0.05, 0) is 60.7 Å². The molecule has 0 spiro atoms. The van der Waals surface area contributed by atoms with Crippen molar-refractivity contribution in [3.63, 3.8) is 0 Å². The first-order valence-corrected chi connectivity index (χ1v) is 13.5. The second kappa shape index (κ2) is 11.1. The maximum absolute atomic E-state index is 13.8. The number of hydrogen-bond acceptors (Lipinski definition) is 4. The average Bonchev–Trinajstić information content (AvgIpc) is 3.00. The molecule has 2 aliphatic rings. The normalized spacial score (nSPS) is 14.8. The van der Waals surface area contributed by atoms with Gasteiger partial charge in [-0.2, -0.15) is 13.2 Å². The predicted molar refractivity (Wildman–Crippen MR) is 154 cm³/mol. The summed E-state index contributed by atoms with van der Waals surface area (Å²) in [6.07, 6.45) is -4.44. The number of piperazine rings is 1. The van der Waals surface area contributed by atoms with E-state index >= 15 is 0 Å². The van der Waals surface area contributed by atoms with Gasteiger partial charge < -0.3 is 25.2 Å². The summed E-state index contributed by atoms with van der Waals surface area (Å²) in [5.41, 5.74) is 2.69. The van der Waals surface area contributed by atoms with Crippen molar-refractivity contribution in [2.45, 2.75) is 12.1 Å². The minimum Gasteiger partial charge on any atom is -0.457 e. The summed E-state index contributed by atoms with van der Waals surface area (Å²) in [4.78, 5) is 30.2. The molecule has 0 unspecified atom stereocenters. The van der Waals surface area contributed by atoms with E-state index in [9.17, 15) is 22.8 Å². The molecule has 0 atom stereocenters. The van der Waals surface area contributed by atoms with Gasteiger partial charge in [0.2, 0.25) is 5.91 Å². The largest absolute Gasteiger partial charge is 0.457 e. The number of amides is 3. The second-order valence-electron chi connectivity index (χ2n) is 10.1. The van der Waals surface area contributed by atoms with Crippen LogP contribution in [0.5, 0.6) is 11.5 Å². The number of para-hydroxylation sites is 2. The molecule has 0 radical (unpaired) electrons. The molecule has 4 aromatic rings. The van der Waals surface area contributed by atoms with Crippen LogP contribution in [0, 0.1) is 0 Å². The molecule has 2 N–H and O–H groups in total. The zero-order valence-corrected chi connectivity index (χ0v) is 22.4. The topological polar surface area (TPSA) is 73.9 Å². The van der Waals surface area contributed by atoms with Crippen LogP contribution in [0.2, 0.25) is 0 Å². The van der Waals surface area contributed by atoms with E-state index in [0.29, 0.717) is 43.4 Å². The number of anilines is 3. The van der Waals surface area contributed by atoms with Gasteiger partial charge in [-0.3, -0.25) is 4.79 Å². The number of nitrogens with one attached hydrogen (secondary N) is 2. The molecule has 214 valence electrons.